The van der Waals surface area contributed by atoms with Gasteiger partial charge in [0.2, 0.25) is 5.95 Å². The molecule has 2 aliphatic rings. The molecule has 0 spiro atoms. The van der Waals surface area contributed by atoms with Crippen LogP contribution in [0.3, 0.4) is 0 Å². The molecule has 2 aliphatic heterocycles. The lowest BCUT2D eigenvalue weighted by Gasteiger charge is -2.34. The number of aryl methyl sites for hydroxylation is 1. The van der Waals surface area contributed by atoms with Crippen LogP contribution in [0.15, 0.2) is 30.5 Å². The second-order valence-electron chi connectivity index (χ2n) is 8.82. The van der Waals surface area contributed by atoms with Gasteiger partial charge in [0.25, 0.3) is 5.91 Å². The maximum absolute atomic E-state index is 13.4. The van der Waals surface area contributed by atoms with Gasteiger partial charge in [0.1, 0.15) is 17.2 Å². The van der Waals surface area contributed by atoms with Crippen LogP contribution in [0.1, 0.15) is 15.5 Å². The Bertz CT molecular complexity index is 1270. The number of amides is 1. The normalized spacial score (nSPS) is 16.6. The van der Waals surface area contributed by atoms with Crippen LogP contribution in [0.4, 0.5) is 47.0 Å². The largest absolute Gasteiger partial charge is 0.406 e. The Morgan fingerprint density at radius 2 is 1.75 bits per heavy atom. The number of fused-ring (bicyclic) bond motifs is 2. The van der Waals surface area contributed by atoms with Gasteiger partial charge in [-0.3, -0.25) is 9.69 Å². The Morgan fingerprint density at radius 1 is 1.06 bits per heavy atom. The quantitative estimate of drug-likeness (QED) is 0.555. The van der Waals surface area contributed by atoms with E-state index in [1.54, 1.807) is 18.9 Å². The summed E-state index contributed by atoms with van der Waals surface area (Å²) in [5.41, 5.74) is 1.79. The van der Waals surface area contributed by atoms with Crippen LogP contribution in [0.5, 0.6) is 0 Å². The first-order chi connectivity index (χ1) is 17.1. The number of piperazine rings is 1. The highest BCUT2D eigenvalue weighted by atomic mass is 32.1. The number of alkyl halides is 3. The predicted molar refractivity (Wildman–Crippen MR) is 134 cm³/mol. The zero-order valence-corrected chi connectivity index (χ0v) is 20.8. The van der Waals surface area contributed by atoms with Crippen molar-refractivity contribution in [3.63, 3.8) is 0 Å². The summed E-state index contributed by atoms with van der Waals surface area (Å²) in [6.45, 7) is 4.16. The molecule has 0 radical (unpaired) electrons. The van der Waals surface area contributed by atoms with Crippen LogP contribution in [-0.2, 0) is 0 Å². The first-order valence-corrected chi connectivity index (χ1v) is 12.2. The van der Waals surface area contributed by atoms with Gasteiger partial charge in [-0.2, -0.15) is 18.2 Å². The molecular weight excluding hydrogens is 493 g/mol. The smallest absolute Gasteiger partial charge is 0.369 e. The summed E-state index contributed by atoms with van der Waals surface area (Å²) >= 11 is 1.22. The van der Waals surface area contributed by atoms with Crippen molar-refractivity contribution >= 4 is 51.1 Å². The molecule has 1 aromatic carbocycles. The van der Waals surface area contributed by atoms with Gasteiger partial charge in [0.05, 0.1) is 11.2 Å². The highest BCUT2D eigenvalue weighted by molar-refractivity contribution is 7.16. The van der Waals surface area contributed by atoms with Crippen molar-refractivity contribution in [1.82, 2.24) is 19.9 Å². The van der Waals surface area contributed by atoms with Crippen LogP contribution < -0.4 is 20.0 Å². The number of nitrogens with zero attached hydrogens (tertiary/aromatic N) is 7. The zero-order valence-electron chi connectivity index (χ0n) is 20.0. The third kappa shape index (κ3) is 4.80. The fourth-order valence-corrected chi connectivity index (χ4v) is 5.14. The topological polar surface area (TPSA) is 80.7 Å². The molecule has 36 heavy (non-hydrogen) atoms. The maximum atomic E-state index is 13.4. The second-order valence-corrected chi connectivity index (χ2v) is 10.00. The molecule has 5 rings (SSSR count). The lowest BCUT2D eigenvalue weighted by molar-refractivity contribution is -0.118. The molecule has 1 amide bonds. The number of carbonyl (C=O) groups is 1. The van der Waals surface area contributed by atoms with Crippen molar-refractivity contribution in [2.24, 2.45) is 0 Å². The standard InChI is InChI=1S/C23H25F3N8OS/c1-14-28-18-20(35)34(13-23(24,25)26)17-12-27-22(30-19(17)32(3)21(18)36-14)29-15-4-6-16(7-5-15)33-10-8-31(2)9-11-33/h4-7,12H,8-11,13H2,1-3H3,(H,27,29,30). The predicted octanol–water partition coefficient (Wildman–Crippen LogP) is 4.03. The van der Waals surface area contributed by atoms with Crippen molar-refractivity contribution in [3.05, 3.63) is 41.2 Å². The molecule has 9 nitrogen and oxygen atoms in total. The monoisotopic (exact) mass is 518 g/mol. The number of nitrogens with one attached hydrogen (secondary N) is 1. The van der Waals surface area contributed by atoms with E-state index in [0.717, 1.165) is 37.6 Å². The molecule has 0 aliphatic carbocycles. The molecule has 1 fully saturated rings. The van der Waals surface area contributed by atoms with Gasteiger partial charge in [-0.05, 0) is 38.2 Å². The number of benzene rings is 1. The lowest BCUT2D eigenvalue weighted by Crippen LogP contribution is -2.44. The van der Waals surface area contributed by atoms with Gasteiger partial charge in [-0.15, -0.1) is 11.3 Å². The first kappa shape index (κ1) is 24.3. The molecule has 2 aromatic heterocycles. The fraction of sp³-hybridized carbons (Fsp3) is 0.391. The molecule has 4 heterocycles. The maximum Gasteiger partial charge on any atom is 0.406 e. The van der Waals surface area contributed by atoms with E-state index in [2.05, 4.69) is 37.1 Å². The van der Waals surface area contributed by atoms with Crippen molar-refractivity contribution in [1.29, 1.82) is 0 Å². The number of rotatable bonds is 4. The van der Waals surface area contributed by atoms with E-state index in [1.807, 2.05) is 24.3 Å². The summed E-state index contributed by atoms with van der Waals surface area (Å²) in [5, 5.41) is 4.13. The highest BCUT2D eigenvalue weighted by Crippen LogP contribution is 2.42. The van der Waals surface area contributed by atoms with Crippen molar-refractivity contribution in [2.75, 3.05) is 66.8 Å². The van der Waals surface area contributed by atoms with Gasteiger partial charge in [0.15, 0.2) is 11.5 Å². The Hall–Kier alpha value is -3.45. The summed E-state index contributed by atoms with van der Waals surface area (Å²) in [6, 6.07) is 7.85. The summed E-state index contributed by atoms with van der Waals surface area (Å²) in [5.74, 6) is -0.445. The highest BCUT2D eigenvalue weighted by Gasteiger charge is 2.40. The van der Waals surface area contributed by atoms with Crippen LogP contribution >= 0.6 is 11.3 Å². The number of hydrogen-bond donors (Lipinski definition) is 1. The minimum Gasteiger partial charge on any atom is -0.369 e. The fourth-order valence-electron chi connectivity index (χ4n) is 4.27. The van der Waals surface area contributed by atoms with Gasteiger partial charge < -0.3 is 20.0 Å². The molecule has 0 atom stereocenters. The van der Waals surface area contributed by atoms with Crippen LogP contribution in [0.25, 0.3) is 0 Å². The van der Waals surface area contributed by atoms with E-state index in [9.17, 15) is 18.0 Å². The molecule has 1 saturated heterocycles. The Labute approximate surface area is 210 Å². The van der Waals surface area contributed by atoms with E-state index in [4.69, 9.17) is 0 Å². The van der Waals surface area contributed by atoms with Gasteiger partial charge in [-0.1, -0.05) is 0 Å². The number of thiazole rings is 1. The van der Waals surface area contributed by atoms with E-state index in [-0.39, 0.29) is 23.1 Å². The summed E-state index contributed by atoms with van der Waals surface area (Å²) < 4.78 is 40.2. The number of halogens is 3. The van der Waals surface area contributed by atoms with Gasteiger partial charge in [-0.25, -0.2) is 9.97 Å². The van der Waals surface area contributed by atoms with Gasteiger partial charge >= 0.3 is 6.18 Å². The van der Waals surface area contributed by atoms with Crippen LogP contribution in [0, 0.1) is 6.92 Å². The molecular formula is C23H25F3N8OS. The molecule has 190 valence electrons. The lowest BCUT2D eigenvalue weighted by atomic mass is 10.2. The molecule has 0 unspecified atom stereocenters. The Balaban J connectivity index is 1.44. The molecule has 3 aromatic rings. The van der Waals surface area contributed by atoms with E-state index in [1.165, 1.54) is 17.5 Å². The summed E-state index contributed by atoms with van der Waals surface area (Å²) in [4.78, 5) is 32.8. The van der Waals surface area contributed by atoms with Crippen LogP contribution in [-0.4, -0.2) is 78.8 Å². The van der Waals surface area contributed by atoms with Crippen molar-refractivity contribution < 1.29 is 18.0 Å². The number of likely N-dealkylation sites (N-methyl/N-ethyl adjacent to an activating group) is 1. The minimum atomic E-state index is -4.61. The van der Waals surface area contributed by atoms with E-state index >= 15 is 0 Å². The van der Waals surface area contributed by atoms with E-state index in [0.29, 0.717) is 14.9 Å². The first-order valence-electron chi connectivity index (χ1n) is 11.4. The van der Waals surface area contributed by atoms with Crippen LogP contribution in [0.2, 0.25) is 0 Å². The second kappa shape index (κ2) is 9.21. The SMILES string of the molecule is Cc1nc2c(s1)N(C)c1nc(Nc3ccc(N4CCN(C)CC4)cc3)ncc1N(CC(F)(F)F)C2=O. The zero-order chi connectivity index (χ0) is 25.6. The Kier molecular flexibility index (Phi) is 6.20. The third-order valence-corrected chi connectivity index (χ3v) is 7.20. The average molecular weight is 519 g/mol. The average Bonchev–Trinajstić information content (AvgIpc) is 3.21. The van der Waals surface area contributed by atoms with Gasteiger partial charge in [0, 0.05) is 44.6 Å². The Morgan fingerprint density at radius 3 is 2.42 bits per heavy atom. The number of aromatic nitrogens is 3. The van der Waals surface area contributed by atoms with E-state index < -0.39 is 18.6 Å². The van der Waals surface area contributed by atoms with Crippen molar-refractivity contribution in [3.8, 4) is 0 Å². The number of hydrogen-bond acceptors (Lipinski definition) is 9. The third-order valence-electron chi connectivity index (χ3n) is 6.16. The molecule has 0 saturated carbocycles. The minimum absolute atomic E-state index is 0.0290. The molecule has 0 bridgehead atoms. The number of carbonyl (C=O) groups excluding carboxylic acids is 1. The summed E-state index contributed by atoms with van der Waals surface area (Å²) in [6.07, 6.45) is -3.36. The molecule has 13 heteroatoms. The van der Waals surface area contributed by atoms with Crippen molar-refractivity contribution in [2.45, 2.75) is 13.1 Å². The molecule has 1 N–H and O–H groups in total. The number of anilines is 6. The summed E-state index contributed by atoms with van der Waals surface area (Å²) in [7, 11) is 3.76.